The predicted molar refractivity (Wildman–Crippen MR) is 72.1 cm³/mol. The Morgan fingerprint density at radius 2 is 2.42 bits per heavy atom. The van der Waals surface area contributed by atoms with Crippen LogP contribution in [0.5, 0.6) is 0 Å². The first-order chi connectivity index (χ1) is 9.22. The third kappa shape index (κ3) is 3.54. The summed E-state index contributed by atoms with van der Waals surface area (Å²) in [5, 5.41) is 6.14. The average molecular weight is 265 g/mol. The fourth-order valence-corrected chi connectivity index (χ4v) is 2.04. The Bertz CT molecular complexity index is 440. The summed E-state index contributed by atoms with van der Waals surface area (Å²) in [4.78, 5) is 22.0. The van der Waals surface area contributed by atoms with Crippen molar-refractivity contribution in [3.63, 3.8) is 0 Å². The first kappa shape index (κ1) is 13.5. The van der Waals surface area contributed by atoms with Gasteiger partial charge in [-0.15, -0.1) is 0 Å². The van der Waals surface area contributed by atoms with Crippen LogP contribution < -0.4 is 10.6 Å². The Kier molecular flexibility index (Phi) is 4.51. The molecule has 0 radical (unpaired) electrons. The standard InChI is InChI=1S/C12H19N5O2/c1-13-10-3-4-14-12(16-10)15-9-7-11(18)17(8-9)5-6-19-2/h3-4,9H,5-8H2,1-2H3,(H2,13,14,15,16). The molecule has 1 aromatic rings. The molecule has 1 amide bonds. The van der Waals surface area contributed by atoms with E-state index < -0.39 is 0 Å². The van der Waals surface area contributed by atoms with Crippen LogP contribution in [0, 0.1) is 0 Å². The molecule has 2 N–H and O–H groups in total. The number of aromatic nitrogens is 2. The van der Waals surface area contributed by atoms with E-state index in [1.807, 2.05) is 0 Å². The molecule has 2 heterocycles. The van der Waals surface area contributed by atoms with Gasteiger partial charge in [0.1, 0.15) is 5.82 Å². The number of nitrogens with one attached hydrogen (secondary N) is 2. The van der Waals surface area contributed by atoms with E-state index in [2.05, 4.69) is 20.6 Å². The minimum atomic E-state index is 0.0523. The summed E-state index contributed by atoms with van der Waals surface area (Å²) in [6.45, 7) is 1.85. The van der Waals surface area contributed by atoms with Crippen LogP contribution in [-0.2, 0) is 9.53 Å². The molecule has 2 rings (SSSR count). The second-order valence-electron chi connectivity index (χ2n) is 4.39. The number of methoxy groups -OCH3 is 1. The second kappa shape index (κ2) is 6.33. The van der Waals surface area contributed by atoms with Crippen molar-refractivity contribution in [1.82, 2.24) is 14.9 Å². The fourth-order valence-electron chi connectivity index (χ4n) is 2.04. The lowest BCUT2D eigenvalue weighted by molar-refractivity contribution is -0.128. The van der Waals surface area contributed by atoms with E-state index in [0.717, 1.165) is 5.82 Å². The maximum absolute atomic E-state index is 11.8. The molecule has 0 spiro atoms. The lowest BCUT2D eigenvalue weighted by Gasteiger charge is -2.16. The van der Waals surface area contributed by atoms with Gasteiger partial charge in [-0.2, -0.15) is 4.98 Å². The highest BCUT2D eigenvalue weighted by molar-refractivity contribution is 5.79. The Morgan fingerprint density at radius 3 is 3.16 bits per heavy atom. The van der Waals surface area contributed by atoms with Crippen LogP contribution in [0.4, 0.5) is 11.8 Å². The smallest absolute Gasteiger partial charge is 0.224 e. The normalized spacial score (nSPS) is 18.7. The highest BCUT2D eigenvalue weighted by Gasteiger charge is 2.29. The van der Waals surface area contributed by atoms with Crippen LogP contribution in [-0.4, -0.2) is 60.7 Å². The van der Waals surface area contributed by atoms with Crippen molar-refractivity contribution < 1.29 is 9.53 Å². The van der Waals surface area contributed by atoms with Crippen molar-refractivity contribution in [1.29, 1.82) is 0 Å². The van der Waals surface area contributed by atoms with Gasteiger partial charge in [-0.1, -0.05) is 0 Å². The third-order valence-electron chi connectivity index (χ3n) is 3.02. The van der Waals surface area contributed by atoms with E-state index in [0.29, 0.717) is 32.1 Å². The highest BCUT2D eigenvalue weighted by atomic mass is 16.5. The maximum atomic E-state index is 11.8. The van der Waals surface area contributed by atoms with Crippen LogP contribution in [0.1, 0.15) is 6.42 Å². The van der Waals surface area contributed by atoms with Crippen LogP contribution in [0.15, 0.2) is 12.3 Å². The molecule has 1 aliphatic heterocycles. The predicted octanol–water partition coefficient (Wildman–Crippen LogP) is 0.177. The number of rotatable bonds is 6. The van der Waals surface area contributed by atoms with Gasteiger partial charge in [0, 0.05) is 39.9 Å². The molecule has 1 fully saturated rings. The van der Waals surface area contributed by atoms with Gasteiger partial charge in [0.05, 0.1) is 12.6 Å². The van der Waals surface area contributed by atoms with Crippen molar-refractivity contribution >= 4 is 17.7 Å². The molecule has 1 atom stereocenters. The van der Waals surface area contributed by atoms with Gasteiger partial charge < -0.3 is 20.3 Å². The van der Waals surface area contributed by atoms with E-state index in [9.17, 15) is 4.79 Å². The lowest BCUT2D eigenvalue weighted by Crippen LogP contribution is -2.31. The van der Waals surface area contributed by atoms with Crippen LogP contribution in [0.25, 0.3) is 0 Å². The molecular weight excluding hydrogens is 246 g/mol. The van der Waals surface area contributed by atoms with Gasteiger partial charge in [0.15, 0.2) is 0 Å². The summed E-state index contributed by atoms with van der Waals surface area (Å²) >= 11 is 0. The quantitative estimate of drug-likeness (QED) is 0.763. The largest absolute Gasteiger partial charge is 0.383 e. The summed E-state index contributed by atoms with van der Waals surface area (Å²) in [5.74, 6) is 1.43. The first-order valence-electron chi connectivity index (χ1n) is 6.27. The molecule has 7 nitrogen and oxygen atoms in total. The number of carbonyl (C=O) groups excluding carboxylic acids is 1. The first-order valence-corrected chi connectivity index (χ1v) is 6.27. The molecule has 1 saturated heterocycles. The van der Waals surface area contributed by atoms with Gasteiger partial charge >= 0.3 is 0 Å². The molecule has 0 aliphatic carbocycles. The Hall–Kier alpha value is -1.89. The lowest BCUT2D eigenvalue weighted by atomic mass is 10.2. The highest BCUT2D eigenvalue weighted by Crippen LogP contribution is 2.15. The summed E-state index contributed by atoms with van der Waals surface area (Å²) in [7, 11) is 3.44. The molecule has 7 heteroatoms. The minimum Gasteiger partial charge on any atom is -0.383 e. The topological polar surface area (TPSA) is 79.4 Å². The molecule has 104 valence electrons. The van der Waals surface area contributed by atoms with E-state index in [1.54, 1.807) is 31.3 Å². The third-order valence-corrected chi connectivity index (χ3v) is 3.02. The second-order valence-corrected chi connectivity index (χ2v) is 4.39. The zero-order valence-electron chi connectivity index (χ0n) is 11.2. The van der Waals surface area contributed by atoms with E-state index in [-0.39, 0.29) is 11.9 Å². The molecule has 1 aromatic heterocycles. The van der Waals surface area contributed by atoms with Crippen molar-refractivity contribution in [2.24, 2.45) is 0 Å². The maximum Gasteiger partial charge on any atom is 0.224 e. The molecule has 0 aromatic carbocycles. The van der Waals surface area contributed by atoms with Crippen molar-refractivity contribution in [2.45, 2.75) is 12.5 Å². The number of amides is 1. The van der Waals surface area contributed by atoms with Crippen LogP contribution in [0.2, 0.25) is 0 Å². The number of nitrogens with zero attached hydrogens (tertiary/aromatic N) is 3. The van der Waals surface area contributed by atoms with E-state index >= 15 is 0 Å². The molecule has 0 bridgehead atoms. The number of hydrogen-bond acceptors (Lipinski definition) is 6. The molecule has 1 aliphatic rings. The van der Waals surface area contributed by atoms with Gasteiger partial charge in [0.2, 0.25) is 11.9 Å². The van der Waals surface area contributed by atoms with Gasteiger partial charge in [-0.3, -0.25) is 4.79 Å². The number of carbonyl (C=O) groups is 1. The Labute approximate surface area is 112 Å². The molecule has 1 unspecified atom stereocenters. The number of hydrogen-bond donors (Lipinski definition) is 2. The zero-order valence-corrected chi connectivity index (χ0v) is 11.2. The van der Waals surface area contributed by atoms with Crippen LogP contribution >= 0.6 is 0 Å². The number of ether oxygens (including phenoxy) is 1. The van der Waals surface area contributed by atoms with Crippen molar-refractivity contribution in [3.05, 3.63) is 12.3 Å². The fraction of sp³-hybridized carbons (Fsp3) is 0.583. The number of anilines is 2. The van der Waals surface area contributed by atoms with Crippen molar-refractivity contribution in [3.8, 4) is 0 Å². The summed E-state index contributed by atoms with van der Waals surface area (Å²) < 4.78 is 4.99. The zero-order chi connectivity index (χ0) is 13.7. The molecular formula is C12H19N5O2. The van der Waals surface area contributed by atoms with Crippen molar-refractivity contribution in [2.75, 3.05) is 44.5 Å². The van der Waals surface area contributed by atoms with Gasteiger partial charge in [-0.05, 0) is 6.07 Å². The summed E-state index contributed by atoms with van der Waals surface area (Å²) in [6.07, 6.45) is 2.15. The van der Waals surface area contributed by atoms with Gasteiger partial charge in [0.25, 0.3) is 0 Å². The van der Waals surface area contributed by atoms with Gasteiger partial charge in [-0.25, -0.2) is 4.98 Å². The Morgan fingerprint density at radius 1 is 1.58 bits per heavy atom. The summed E-state index contributed by atoms with van der Waals surface area (Å²) in [5.41, 5.74) is 0. The van der Waals surface area contributed by atoms with E-state index in [4.69, 9.17) is 4.74 Å². The minimum absolute atomic E-state index is 0.0523. The number of likely N-dealkylation sites (tertiary alicyclic amines) is 1. The van der Waals surface area contributed by atoms with E-state index in [1.165, 1.54) is 0 Å². The summed E-state index contributed by atoms with van der Waals surface area (Å²) in [6, 6.07) is 1.84. The molecule has 0 saturated carbocycles. The monoisotopic (exact) mass is 265 g/mol. The van der Waals surface area contributed by atoms with Crippen LogP contribution in [0.3, 0.4) is 0 Å². The average Bonchev–Trinajstić information content (AvgIpc) is 2.76. The Balaban J connectivity index is 1.91. The molecule has 19 heavy (non-hydrogen) atoms. The SMILES string of the molecule is CNc1ccnc(NC2CC(=O)N(CCOC)C2)n1.